The molecule has 7 nitrogen and oxygen atoms in total. The fraction of sp³-hybridized carbons (Fsp3) is 0.318. The number of benzene rings is 2. The average Bonchev–Trinajstić information content (AvgIpc) is 3.14. The number of aryl methyl sites for hydroxylation is 2. The van der Waals surface area contributed by atoms with Gasteiger partial charge in [-0.25, -0.2) is 4.79 Å². The molecule has 1 unspecified atom stereocenters. The van der Waals surface area contributed by atoms with Crippen molar-refractivity contribution in [1.29, 1.82) is 0 Å². The normalized spacial score (nSPS) is 16.5. The van der Waals surface area contributed by atoms with Crippen molar-refractivity contribution in [2.24, 2.45) is 0 Å². The van der Waals surface area contributed by atoms with E-state index in [0.29, 0.717) is 6.04 Å². The second kappa shape index (κ2) is 6.92. The number of nitrogens with one attached hydrogen (secondary N) is 3. The predicted octanol–water partition coefficient (Wildman–Crippen LogP) is 3.53. The van der Waals surface area contributed by atoms with E-state index in [1.807, 2.05) is 26.0 Å². The Labute approximate surface area is 168 Å². The maximum atomic E-state index is 12.6. The number of amides is 4. The highest BCUT2D eigenvalue weighted by Gasteiger charge is 2.31. The molecule has 1 aliphatic heterocycles. The van der Waals surface area contributed by atoms with Gasteiger partial charge in [-0.1, -0.05) is 18.2 Å². The van der Waals surface area contributed by atoms with Crippen molar-refractivity contribution in [1.82, 2.24) is 15.2 Å². The number of para-hydroxylation sites is 1. The zero-order chi connectivity index (χ0) is 20.9. The van der Waals surface area contributed by atoms with Crippen LogP contribution >= 0.6 is 0 Å². The molecule has 1 aliphatic rings. The van der Waals surface area contributed by atoms with E-state index in [2.05, 4.69) is 52.6 Å². The molecule has 7 heteroatoms. The molecule has 0 spiro atoms. The number of urea groups is 1. The van der Waals surface area contributed by atoms with Crippen LogP contribution in [0.4, 0.5) is 10.5 Å². The van der Waals surface area contributed by atoms with Gasteiger partial charge in [-0.05, 0) is 51.0 Å². The molecule has 0 bridgehead atoms. The molecule has 29 heavy (non-hydrogen) atoms. The third-order valence-electron chi connectivity index (χ3n) is 5.48. The van der Waals surface area contributed by atoms with E-state index < -0.39 is 18.0 Å². The van der Waals surface area contributed by atoms with E-state index in [4.69, 9.17) is 0 Å². The van der Waals surface area contributed by atoms with E-state index in [1.165, 1.54) is 0 Å². The summed E-state index contributed by atoms with van der Waals surface area (Å²) in [6.45, 7) is 8.29. The molecule has 3 N–H and O–H groups in total. The number of nitrogens with zero attached hydrogens (tertiary/aromatic N) is 1. The van der Waals surface area contributed by atoms with Crippen molar-refractivity contribution in [2.45, 2.75) is 46.2 Å². The Bertz CT molecular complexity index is 1180. The number of aromatic nitrogens is 1. The van der Waals surface area contributed by atoms with Crippen molar-refractivity contribution >= 4 is 45.3 Å². The van der Waals surface area contributed by atoms with Gasteiger partial charge in [-0.3, -0.25) is 14.9 Å². The lowest BCUT2D eigenvalue weighted by Gasteiger charge is -2.16. The van der Waals surface area contributed by atoms with E-state index in [1.54, 1.807) is 0 Å². The van der Waals surface area contributed by atoms with Crippen LogP contribution in [-0.4, -0.2) is 28.5 Å². The Morgan fingerprint density at radius 2 is 1.90 bits per heavy atom. The third kappa shape index (κ3) is 3.12. The lowest BCUT2D eigenvalue weighted by molar-refractivity contribution is -0.124. The number of anilines is 1. The van der Waals surface area contributed by atoms with Crippen LogP contribution in [0, 0.1) is 13.8 Å². The minimum absolute atomic E-state index is 0.109. The zero-order valence-corrected chi connectivity index (χ0v) is 16.9. The molecule has 2 heterocycles. The van der Waals surface area contributed by atoms with Gasteiger partial charge in [-0.2, -0.15) is 0 Å². The molecule has 4 amide bonds. The van der Waals surface area contributed by atoms with Gasteiger partial charge in [0.15, 0.2) is 0 Å². The molecular formula is C22H24N4O3. The van der Waals surface area contributed by atoms with Crippen molar-refractivity contribution in [3.05, 3.63) is 41.5 Å². The number of carbonyl (C=O) groups excluding carboxylic acids is 3. The first-order valence-electron chi connectivity index (χ1n) is 9.72. The summed E-state index contributed by atoms with van der Waals surface area (Å²) in [7, 11) is 0. The van der Waals surface area contributed by atoms with E-state index in [0.717, 1.165) is 38.6 Å². The Kier molecular flexibility index (Phi) is 4.53. The Morgan fingerprint density at radius 3 is 2.55 bits per heavy atom. The van der Waals surface area contributed by atoms with Crippen LogP contribution in [0.1, 0.15) is 37.4 Å². The van der Waals surface area contributed by atoms with Crippen LogP contribution in [-0.2, 0) is 9.59 Å². The summed E-state index contributed by atoms with van der Waals surface area (Å²) in [6, 6.07) is 9.25. The summed E-state index contributed by atoms with van der Waals surface area (Å²) < 4.78 is 2.31. The lowest BCUT2D eigenvalue weighted by Crippen LogP contribution is -2.33. The summed E-state index contributed by atoms with van der Waals surface area (Å²) in [5.74, 6) is -0.792. The average molecular weight is 392 g/mol. The number of hydrogen-bond donors (Lipinski definition) is 3. The summed E-state index contributed by atoms with van der Waals surface area (Å²) in [4.78, 5) is 35.6. The number of carbonyl (C=O) groups is 3. The van der Waals surface area contributed by atoms with E-state index >= 15 is 0 Å². The van der Waals surface area contributed by atoms with Crippen molar-refractivity contribution in [3.8, 4) is 0 Å². The van der Waals surface area contributed by atoms with E-state index in [9.17, 15) is 14.4 Å². The molecule has 2 aromatic carbocycles. The van der Waals surface area contributed by atoms with Gasteiger partial charge in [0.1, 0.15) is 6.04 Å². The van der Waals surface area contributed by atoms with Crippen molar-refractivity contribution in [2.75, 3.05) is 5.32 Å². The van der Waals surface area contributed by atoms with Crippen LogP contribution in [0.5, 0.6) is 0 Å². The molecular weight excluding hydrogens is 368 g/mol. The summed E-state index contributed by atoms with van der Waals surface area (Å²) in [6.07, 6.45) is -0.109. The first-order chi connectivity index (χ1) is 13.8. The van der Waals surface area contributed by atoms with Crippen LogP contribution < -0.4 is 16.0 Å². The molecule has 4 rings (SSSR count). The first kappa shape index (κ1) is 19.0. The topological polar surface area (TPSA) is 92.2 Å². The molecule has 0 saturated carbocycles. The van der Waals surface area contributed by atoms with Gasteiger partial charge < -0.3 is 15.2 Å². The highest BCUT2D eigenvalue weighted by Crippen LogP contribution is 2.38. The molecule has 3 aromatic rings. The molecule has 1 atom stereocenters. The third-order valence-corrected chi connectivity index (χ3v) is 5.48. The molecule has 1 aromatic heterocycles. The monoisotopic (exact) mass is 392 g/mol. The fourth-order valence-electron chi connectivity index (χ4n) is 4.24. The van der Waals surface area contributed by atoms with Gasteiger partial charge >= 0.3 is 6.03 Å². The zero-order valence-electron chi connectivity index (χ0n) is 16.9. The number of hydrogen-bond acceptors (Lipinski definition) is 3. The minimum atomic E-state index is -0.838. The molecule has 0 radical (unpaired) electrons. The van der Waals surface area contributed by atoms with Crippen LogP contribution in [0.15, 0.2) is 30.3 Å². The van der Waals surface area contributed by atoms with Gasteiger partial charge in [0.05, 0.1) is 11.9 Å². The molecule has 1 fully saturated rings. The SMILES string of the molecule is Cc1cc2c(c(C)c1NC(=O)CC1NC(=O)NC1=O)c1ccccc1n2C(C)C. The van der Waals surface area contributed by atoms with Gasteiger partial charge in [-0.15, -0.1) is 0 Å². The molecule has 1 saturated heterocycles. The largest absolute Gasteiger partial charge is 0.338 e. The fourth-order valence-corrected chi connectivity index (χ4v) is 4.24. The summed E-state index contributed by atoms with van der Waals surface area (Å²) in [5, 5.41) is 9.81. The maximum absolute atomic E-state index is 12.6. The minimum Gasteiger partial charge on any atom is -0.338 e. The second-order valence-electron chi connectivity index (χ2n) is 7.84. The Morgan fingerprint density at radius 1 is 1.17 bits per heavy atom. The molecule has 150 valence electrons. The van der Waals surface area contributed by atoms with Crippen molar-refractivity contribution in [3.63, 3.8) is 0 Å². The van der Waals surface area contributed by atoms with E-state index in [-0.39, 0.29) is 12.3 Å². The standard InChI is InChI=1S/C22H24N4O3/c1-11(2)26-16-8-6-5-7-14(16)19-13(4)20(12(3)9-17(19)26)24-18(27)10-15-21(28)25-22(29)23-15/h5-9,11,15H,10H2,1-4H3,(H,24,27)(H2,23,25,28,29). The summed E-state index contributed by atoms with van der Waals surface area (Å²) in [5.41, 5.74) is 4.99. The number of fused-ring (bicyclic) bond motifs is 3. The van der Waals surface area contributed by atoms with Crippen LogP contribution in [0.3, 0.4) is 0 Å². The second-order valence-corrected chi connectivity index (χ2v) is 7.84. The van der Waals surface area contributed by atoms with Gasteiger partial charge in [0.2, 0.25) is 5.91 Å². The molecule has 0 aliphatic carbocycles. The summed E-state index contributed by atoms with van der Waals surface area (Å²) >= 11 is 0. The smallest absolute Gasteiger partial charge is 0.322 e. The van der Waals surface area contributed by atoms with Gasteiger partial charge in [0.25, 0.3) is 5.91 Å². The van der Waals surface area contributed by atoms with Gasteiger partial charge in [0, 0.05) is 28.0 Å². The highest BCUT2D eigenvalue weighted by molar-refractivity contribution is 6.13. The van der Waals surface area contributed by atoms with Crippen molar-refractivity contribution < 1.29 is 14.4 Å². The number of rotatable bonds is 4. The predicted molar refractivity (Wildman–Crippen MR) is 113 cm³/mol. The Balaban J connectivity index is 1.76. The lowest BCUT2D eigenvalue weighted by atomic mass is 10.0. The maximum Gasteiger partial charge on any atom is 0.322 e. The Hall–Kier alpha value is -3.35. The first-order valence-corrected chi connectivity index (χ1v) is 9.72. The highest BCUT2D eigenvalue weighted by atomic mass is 16.2. The number of imide groups is 1. The quantitative estimate of drug-likeness (QED) is 0.593. The van der Waals surface area contributed by atoms with Crippen LogP contribution in [0.2, 0.25) is 0 Å². The van der Waals surface area contributed by atoms with Crippen LogP contribution in [0.25, 0.3) is 21.8 Å².